The van der Waals surface area contributed by atoms with Gasteiger partial charge < -0.3 is 14.4 Å². The Balaban J connectivity index is 1.45. The van der Waals surface area contributed by atoms with Crippen LogP contribution in [0.25, 0.3) is 22.4 Å². The summed E-state index contributed by atoms with van der Waals surface area (Å²) in [5.74, 6) is 1.02. The molecule has 4 rings (SSSR count). The lowest BCUT2D eigenvalue weighted by Crippen LogP contribution is -2.22. The number of hydrogen-bond acceptors (Lipinski definition) is 7. The summed E-state index contributed by atoms with van der Waals surface area (Å²) in [6, 6.07) is 10.8. The molecule has 0 radical (unpaired) electrons. The zero-order valence-corrected chi connectivity index (χ0v) is 13.3. The number of rotatable bonds is 4. The number of aromatic nitrogens is 4. The summed E-state index contributed by atoms with van der Waals surface area (Å²) in [5, 5.41) is 11.3. The number of benzene rings is 1. The van der Waals surface area contributed by atoms with E-state index in [2.05, 4.69) is 25.6 Å². The van der Waals surface area contributed by atoms with E-state index in [4.69, 9.17) is 9.05 Å². The van der Waals surface area contributed by atoms with Crippen molar-refractivity contribution in [3.05, 3.63) is 59.8 Å². The van der Waals surface area contributed by atoms with Gasteiger partial charge >= 0.3 is 0 Å². The van der Waals surface area contributed by atoms with E-state index >= 15 is 0 Å². The number of pyridine rings is 1. The van der Waals surface area contributed by atoms with Crippen LogP contribution in [0.1, 0.15) is 22.0 Å². The SMILES string of the molecule is Cc1cc(-c2noc(CNC(=O)c3ccc4ncccc4c3)n2)no1. The van der Waals surface area contributed by atoms with Gasteiger partial charge in [-0.2, -0.15) is 4.98 Å². The summed E-state index contributed by atoms with van der Waals surface area (Å²) < 4.78 is 10.1. The lowest BCUT2D eigenvalue weighted by molar-refractivity contribution is 0.0946. The third-order valence-electron chi connectivity index (χ3n) is 3.59. The molecule has 0 fully saturated rings. The van der Waals surface area contributed by atoms with Crippen molar-refractivity contribution < 1.29 is 13.8 Å². The van der Waals surface area contributed by atoms with E-state index in [1.165, 1.54) is 0 Å². The molecule has 0 bridgehead atoms. The molecule has 0 aliphatic heterocycles. The highest BCUT2D eigenvalue weighted by Gasteiger charge is 2.14. The van der Waals surface area contributed by atoms with Crippen LogP contribution < -0.4 is 5.32 Å². The van der Waals surface area contributed by atoms with Crippen LogP contribution in [0.15, 0.2) is 51.6 Å². The first-order valence-electron chi connectivity index (χ1n) is 7.58. The van der Waals surface area contributed by atoms with E-state index in [1.807, 2.05) is 18.2 Å². The maximum atomic E-state index is 12.3. The molecule has 0 unspecified atom stereocenters. The van der Waals surface area contributed by atoms with Crippen molar-refractivity contribution in [2.45, 2.75) is 13.5 Å². The van der Waals surface area contributed by atoms with Crippen LogP contribution in [0.2, 0.25) is 0 Å². The summed E-state index contributed by atoms with van der Waals surface area (Å²) >= 11 is 0. The van der Waals surface area contributed by atoms with Gasteiger partial charge in [0.25, 0.3) is 5.91 Å². The van der Waals surface area contributed by atoms with E-state index in [0.717, 1.165) is 10.9 Å². The highest BCUT2D eigenvalue weighted by Crippen LogP contribution is 2.16. The summed E-state index contributed by atoms with van der Waals surface area (Å²) in [5.41, 5.74) is 1.86. The molecule has 25 heavy (non-hydrogen) atoms. The Morgan fingerprint density at radius 2 is 2.08 bits per heavy atom. The normalized spacial score (nSPS) is 10.9. The second kappa shape index (κ2) is 6.16. The molecule has 0 spiro atoms. The van der Waals surface area contributed by atoms with Gasteiger partial charge in [-0.25, -0.2) is 0 Å². The number of amides is 1. The number of nitrogens with zero attached hydrogens (tertiary/aromatic N) is 4. The molecule has 0 aliphatic rings. The quantitative estimate of drug-likeness (QED) is 0.610. The molecule has 3 aromatic heterocycles. The molecule has 0 saturated heterocycles. The molecular formula is C17H13N5O3. The second-order valence-corrected chi connectivity index (χ2v) is 5.43. The van der Waals surface area contributed by atoms with Gasteiger partial charge in [0, 0.05) is 23.2 Å². The number of hydrogen-bond donors (Lipinski definition) is 1. The Morgan fingerprint density at radius 3 is 2.92 bits per heavy atom. The maximum Gasteiger partial charge on any atom is 0.251 e. The molecule has 1 N–H and O–H groups in total. The molecule has 4 aromatic rings. The predicted octanol–water partition coefficient (Wildman–Crippen LogP) is 2.51. The number of carbonyl (C=O) groups is 1. The van der Waals surface area contributed by atoms with Crippen molar-refractivity contribution in [3.8, 4) is 11.5 Å². The molecule has 0 atom stereocenters. The lowest BCUT2D eigenvalue weighted by atomic mass is 10.1. The van der Waals surface area contributed by atoms with Crippen LogP contribution in [-0.2, 0) is 6.54 Å². The average Bonchev–Trinajstić information content (AvgIpc) is 3.28. The summed E-state index contributed by atoms with van der Waals surface area (Å²) in [4.78, 5) is 20.7. The zero-order chi connectivity index (χ0) is 17.2. The van der Waals surface area contributed by atoms with Crippen molar-refractivity contribution in [1.29, 1.82) is 0 Å². The minimum absolute atomic E-state index is 0.119. The fourth-order valence-electron chi connectivity index (χ4n) is 2.38. The Labute approximate surface area is 141 Å². The van der Waals surface area contributed by atoms with Crippen LogP contribution in [0.4, 0.5) is 0 Å². The van der Waals surface area contributed by atoms with Crippen molar-refractivity contribution in [1.82, 2.24) is 25.6 Å². The largest absolute Gasteiger partial charge is 0.361 e. The topological polar surface area (TPSA) is 107 Å². The Kier molecular flexibility index (Phi) is 3.70. The highest BCUT2D eigenvalue weighted by atomic mass is 16.5. The second-order valence-electron chi connectivity index (χ2n) is 5.43. The van der Waals surface area contributed by atoms with Gasteiger partial charge in [-0.15, -0.1) is 0 Å². The molecular weight excluding hydrogens is 322 g/mol. The highest BCUT2D eigenvalue weighted by molar-refractivity contribution is 5.97. The first-order chi connectivity index (χ1) is 12.2. The summed E-state index contributed by atoms with van der Waals surface area (Å²) in [6.07, 6.45) is 1.71. The van der Waals surface area contributed by atoms with Gasteiger partial charge in [-0.1, -0.05) is 16.4 Å². The van der Waals surface area contributed by atoms with E-state index in [-0.39, 0.29) is 18.3 Å². The molecule has 0 saturated carbocycles. The van der Waals surface area contributed by atoms with E-state index in [0.29, 0.717) is 22.8 Å². The Bertz CT molecular complexity index is 1050. The van der Waals surface area contributed by atoms with Gasteiger partial charge in [0.05, 0.1) is 12.1 Å². The Morgan fingerprint density at radius 1 is 1.16 bits per heavy atom. The lowest BCUT2D eigenvalue weighted by Gasteiger charge is -2.03. The number of carbonyl (C=O) groups excluding carboxylic acids is 1. The Hall–Kier alpha value is -3.55. The minimum Gasteiger partial charge on any atom is -0.361 e. The maximum absolute atomic E-state index is 12.3. The van der Waals surface area contributed by atoms with Gasteiger partial charge in [-0.3, -0.25) is 9.78 Å². The van der Waals surface area contributed by atoms with Gasteiger partial charge in [-0.05, 0) is 31.2 Å². The first-order valence-corrected chi connectivity index (χ1v) is 7.58. The smallest absolute Gasteiger partial charge is 0.251 e. The van der Waals surface area contributed by atoms with Crippen LogP contribution in [-0.4, -0.2) is 26.2 Å². The molecule has 1 aromatic carbocycles. The van der Waals surface area contributed by atoms with Crippen LogP contribution in [0, 0.1) is 6.92 Å². The molecule has 0 aliphatic carbocycles. The summed E-state index contributed by atoms with van der Waals surface area (Å²) in [6.45, 7) is 1.89. The minimum atomic E-state index is -0.234. The van der Waals surface area contributed by atoms with Crippen molar-refractivity contribution >= 4 is 16.8 Å². The number of aryl methyl sites for hydroxylation is 1. The third-order valence-corrected chi connectivity index (χ3v) is 3.59. The van der Waals surface area contributed by atoms with Crippen LogP contribution in [0.5, 0.6) is 0 Å². The van der Waals surface area contributed by atoms with Gasteiger partial charge in [0.15, 0.2) is 5.69 Å². The molecule has 1 amide bonds. The molecule has 124 valence electrons. The predicted molar refractivity (Wildman–Crippen MR) is 87.4 cm³/mol. The number of fused-ring (bicyclic) bond motifs is 1. The first kappa shape index (κ1) is 15.0. The molecule has 3 heterocycles. The standard InChI is InChI=1S/C17H13N5O3/c1-10-7-14(21-24-10)16-20-15(25-22-16)9-19-17(23)12-4-5-13-11(8-12)3-2-6-18-13/h2-8H,9H2,1H3,(H,19,23). The summed E-state index contributed by atoms with van der Waals surface area (Å²) in [7, 11) is 0. The van der Waals surface area contributed by atoms with Crippen LogP contribution >= 0.6 is 0 Å². The monoisotopic (exact) mass is 335 g/mol. The number of nitrogens with one attached hydrogen (secondary N) is 1. The zero-order valence-electron chi connectivity index (χ0n) is 13.3. The molecule has 8 nitrogen and oxygen atoms in total. The van der Waals surface area contributed by atoms with Gasteiger partial charge in [0.2, 0.25) is 11.7 Å². The van der Waals surface area contributed by atoms with Gasteiger partial charge in [0.1, 0.15) is 5.76 Å². The van der Waals surface area contributed by atoms with E-state index in [9.17, 15) is 4.79 Å². The fourth-order valence-corrected chi connectivity index (χ4v) is 2.38. The van der Waals surface area contributed by atoms with Crippen molar-refractivity contribution in [2.24, 2.45) is 0 Å². The van der Waals surface area contributed by atoms with Crippen molar-refractivity contribution in [3.63, 3.8) is 0 Å². The van der Waals surface area contributed by atoms with E-state index < -0.39 is 0 Å². The van der Waals surface area contributed by atoms with E-state index in [1.54, 1.807) is 31.3 Å². The molecule has 8 heteroatoms. The fraction of sp³-hybridized carbons (Fsp3) is 0.118. The van der Waals surface area contributed by atoms with Crippen LogP contribution in [0.3, 0.4) is 0 Å². The average molecular weight is 335 g/mol. The third kappa shape index (κ3) is 3.09. The van der Waals surface area contributed by atoms with Crippen molar-refractivity contribution in [2.75, 3.05) is 0 Å².